The molecule has 21 heavy (non-hydrogen) atoms. The number of methoxy groups -OCH3 is 1. The first-order valence-corrected chi connectivity index (χ1v) is 9.05. The molecule has 120 valence electrons. The Morgan fingerprint density at radius 2 is 1.71 bits per heavy atom. The van der Waals surface area contributed by atoms with E-state index in [0.717, 1.165) is 24.3 Å². The van der Waals surface area contributed by atoms with Crippen LogP contribution in [0.25, 0.3) is 0 Å². The number of ether oxygens (including phenoxy) is 1. The van der Waals surface area contributed by atoms with E-state index in [4.69, 9.17) is 4.74 Å². The van der Waals surface area contributed by atoms with Crippen LogP contribution in [0.5, 0.6) is 5.75 Å². The highest BCUT2D eigenvalue weighted by molar-refractivity contribution is 7.92. The minimum Gasteiger partial charge on any atom is -0.497 e. The summed E-state index contributed by atoms with van der Waals surface area (Å²) in [6.07, 6.45) is 0.959. The Labute approximate surface area is 128 Å². The first-order chi connectivity index (χ1) is 9.84. The third-order valence-corrected chi connectivity index (χ3v) is 6.36. The van der Waals surface area contributed by atoms with Gasteiger partial charge in [0.15, 0.2) is 9.84 Å². The fourth-order valence-electron chi connectivity index (χ4n) is 2.28. The van der Waals surface area contributed by atoms with Gasteiger partial charge in [-0.2, -0.15) is 0 Å². The van der Waals surface area contributed by atoms with Crippen LogP contribution in [-0.2, 0) is 9.84 Å². The lowest BCUT2D eigenvalue weighted by atomic mass is 10.0. The van der Waals surface area contributed by atoms with Gasteiger partial charge >= 0.3 is 0 Å². The van der Waals surface area contributed by atoms with Crippen molar-refractivity contribution in [1.29, 1.82) is 0 Å². The van der Waals surface area contributed by atoms with Crippen LogP contribution in [0.1, 0.15) is 45.7 Å². The molecule has 1 aromatic carbocycles. The molecule has 0 saturated carbocycles. The van der Waals surface area contributed by atoms with Crippen molar-refractivity contribution in [2.24, 2.45) is 0 Å². The second kappa shape index (κ2) is 7.80. The van der Waals surface area contributed by atoms with Gasteiger partial charge in [-0.05, 0) is 51.4 Å². The van der Waals surface area contributed by atoms with Crippen LogP contribution in [0.4, 0.5) is 0 Å². The molecule has 5 heteroatoms. The predicted molar refractivity (Wildman–Crippen MR) is 87.5 cm³/mol. The number of nitrogens with one attached hydrogen (secondary N) is 1. The molecular weight excluding hydrogens is 286 g/mol. The molecule has 0 bridgehead atoms. The Balaban J connectivity index is 3.09. The molecule has 0 spiro atoms. The summed E-state index contributed by atoms with van der Waals surface area (Å²) in [5, 5.41) is 2.51. The monoisotopic (exact) mass is 313 g/mol. The molecule has 0 amide bonds. The van der Waals surface area contributed by atoms with Crippen molar-refractivity contribution in [2.45, 2.75) is 50.7 Å². The molecule has 0 fully saturated rings. The first-order valence-electron chi connectivity index (χ1n) is 7.44. The third kappa shape index (κ3) is 4.45. The predicted octanol–water partition coefficient (Wildman–Crippen LogP) is 2.95. The van der Waals surface area contributed by atoms with Crippen LogP contribution < -0.4 is 10.1 Å². The minimum absolute atomic E-state index is 0.205. The van der Waals surface area contributed by atoms with Crippen molar-refractivity contribution in [3.05, 3.63) is 29.8 Å². The van der Waals surface area contributed by atoms with Gasteiger partial charge in [0.2, 0.25) is 0 Å². The van der Waals surface area contributed by atoms with Crippen LogP contribution in [0.3, 0.4) is 0 Å². The van der Waals surface area contributed by atoms with Gasteiger partial charge in [-0.3, -0.25) is 0 Å². The lowest BCUT2D eigenvalue weighted by Crippen LogP contribution is -2.38. The lowest BCUT2D eigenvalue weighted by Gasteiger charge is -2.27. The summed E-state index contributed by atoms with van der Waals surface area (Å²) in [4.78, 5) is 0. The van der Waals surface area contributed by atoms with Crippen molar-refractivity contribution in [3.63, 3.8) is 0 Å². The van der Waals surface area contributed by atoms with E-state index in [2.05, 4.69) is 12.2 Å². The largest absolute Gasteiger partial charge is 0.497 e. The Morgan fingerprint density at radius 1 is 1.14 bits per heavy atom. The summed E-state index contributed by atoms with van der Waals surface area (Å²) in [7, 11) is -1.55. The smallest absolute Gasteiger partial charge is 0.157 e. The Morgan fingerprint density at radius 3 is 2.14 bits per heavy atom. The molecule has 1 aromatic rings. The maximum atomic E-state index is 12.5. The zero-order chi connectivity index (χ0) is 16.0. The van der Waals surface area contributed by atoms with Gasteiger partial charge < -0.3 is 10.1 Å². The van der Waals surface area contributed by atoms with Crippen LogP contribution >= 0.6 is 0 Å². The van der Waals surface area contributed by atoms with E-state index in [1.165, 1.54) is 0 Å². The molecule has 0 saturated heterocycles. The maximum absolute atomic E-state index is 12.5. The summed E-state index contributed by atoms with van der Waals surface area (Å²) >= 11 is 0. The van der Waals surface area contributed by atoms with E-state index in [-0.39, 0.29) is 11.3 Å². The molecule has 0 aliphatic rings. The highest BCUT2D eigenvalue weighted by Gasteiger charge is 2.32. The fourth-order valence-corrected chi connectivity index (χ4v) is 3.78. The van der Waals surface area contributed by atoms with Crippen molar-refractivity contribution in [1.82, 2.24) is 5.32 Å². The van der Waals surface area contributed by atoms with Gasteiger partial charge in [0.05, 0.1) is 17.6 Å². The first kappa shape index (κ1) is 18.0. The highest BCUT2D eigenvalue weighted by atomic mass is 32.2. The average molecular weight is 313 g/mol. The van der Waals surface area contributed by atoms with Crippen molar-refractivity contribution >= 4 is 9.84 Å². The van der Waals surface area contributed by atoms with Gasteiger partial charge in [-0.1, -0.05) is 19.1 Å². The van der Waals surface area contributed by atoms with E-state index >= 15 is 0 Å². The van der Waals surface area contributed by atoms with Crippen LogP contribution in [-0.4, -0.2) is 32.6 Å². The molecule has 0 radical (unpaired) electrons. The quantitative estimate of drug-likeness (QED) is 0.801. The maximum Gasteiger partial charge on any atom is 0.157 e. The fraction of sp³-hybridized carbons (Fsp3) is 0.625. The van der Waals surface area contributed by atoms with Gasteiger partial charge in [0.25, 0.3) is 0 Å². The zero-order valence-electron chi connectivity index (χ0n) is 13.6. The number of rotatable bonds is 8. The number of benzene rings is 1. The summed E-state index contributed by atoms with van der Waals surface area (Å²) in [6, 6.07) is 7.38. The van der Waals surface area contributed by atoms with Gasteiger partial charge in [-0.15, -0.1) is 0 Å². The topological polar surface area (TPSA) is 55.4 Å². The summed E-state index contributed by atoms with van der Waals surface area (Å²) in [5.41, 5.74) is 0.973. The summed E-state index contributed by atoms with van der Waals surface area (Å²) < 4.78 is 30.1. The second-order valence-electron chi connectivity index (χ2n) is 5.55. The molecular formula is C16H27NO3S. The molecule has 4 nitrogen and oxygen atoms in total. The van der Waals surface area contributed by atoms with E-state index in [1.807, 2.05) is 24.3 Å². The molecule has 1 rings (SSSR count). The van der Waals surface area contributed by atoms with Crippen molar-refractivity contribution in [3.8, 4) is 5.75 Å². The number of hydrogen-bond acceptors (Lipinski definition) is 4. The highest BCUT2D eigenvalue weighted by Crippen LogP contribution is 2.26. The van der Waals surface area contributed by atoms with Crippen LogP contribution in [0.15, 0.2) is 24.3 Å². The molecule has 1 N–H and O–H groups in total. The Kier molecular flexibility index (Phi) is 6.68. The molecule has 2 atom stereocenters. The summed E-state index contributed by atoms with van der Waals surface area (Å²) in [6.45, 7) is 8.11. The normalized spacial score (nSPS) is 15.0. The van der Waals surface area contributed by atoms with E-state index in [1.54, 1.807) is 27.9 Å². The molecule has 0 heterocycles. The summed E-state index contributed by atoms with van der Waals surface area (Å²) in [5.74, 6) is 0.771. The van der Waals surface area contributed by atoms with E-state index in [9.17, 15) is 8.42 Å². The van der Waals surface area contributed by atoms with E-state index < -0.39 is 15.1 Å². The van der Waals surface area contributed by atoms with Crippen molar-refractivity contribution < 1.29 is 13.2 Å². The van der Waals surface area contributed by atoms with E-state index in [0.29, 0.717) is 0 Å². The number of sulfone groups is 1. The van der Waals surface area contributed by atoms with Gasteiger partial charge in [0, 0.05) is 6.04 Å². The number of hydrogen-bond donors (Lipinski definition) is 1. The third-order valence-electron chi connectivity index (χ3n) is 3.73. The SMILES string of the molecule is CCCNC(c1ccc(OC)cc1)C(C)S(=O)(=O)C(C)C. The Hall–Kier alpha value is -1.07. The Bertz CT molecular complexity index is 523. The molecule has 0 aliphatic heterocycles. The minimum atomic E-state index is -3.16. The second-order valence-corrected chi connectivity index (χ2v) is 8.41. The molecule has 0 aliphatic carbocycles. The van der Waals surface area contributed by atoms with Gasteiger partial charge in [-0.25, -0.2) is 8.42 Å². The average Bonchev–Trinajstić information content (AvgIpc) is 2.47. The van der Waals surface area contributed by atoms with Crippen molar-refractivity contribution in [2.75, 3.05) is 13.7 Å². The zero-order valence-corrected chi connectivity index (χ0v) is 14.4. The van der Waals surface area contributed by atoms with Crippen LogP contribution in [0.2, 0.25) is 0 Å². The molecule has 2 unspecified atom stereocenters. The molecule has 0 aromatic heterocycles. The van der Waals surface area contributed by atoms with Crippen LogP contribution in [0, 0.1) is 0 Å². The van der Waals surface area contributed by atoms with Gasteiger partial charge in [0.1, 0.15) is 5.75 Å². The lowest BCUT2D eigenvalue weighted by molar-refractivity contribution is 0.414. The standard InChI is InChI=1S/C16H27NO3S/c1-6-11-17-16(13(4)21(18,19)12(2)3)14-7-9-15(20-5)10-8-14/h7-10,12-13,16-17H,6,11H2,1-5H3.